The molecule has 1 amide bonds. The molecule has 2 aromatic rings. The van der Waals surface area contributed by atoms with Gasteiger partial charge in [0.1, 0.15) is 12.4 Å². The quantitative estimate of drug-likeness (QED) is 0.640. The summed E-state index contributed by atoms with van der Waals surface area (Å²) in [5.41, 5.74) is 1.84. The van der Waals surface area contributed by atoms with E-state index in [9.17, 15) is 9.90 Å². The van der Waals surface area contributed by atoms with E-state index in [0.29, 0.717) is 19.4 Å². The molecule has 0 heterocycles. The molecule has 2 unspecified atom stereocenters. The van der Waals surface area contributed by atoms with E-state index in [1.54, 1.807) is 0 Å². The molecule has 0 aliphatic carbocycles. The van der Waals surface area contributed by atoms with E-state index in [2.05, 4.69) is 5.32 Å². The van der Waals surface area contributed by atoms with Gasteiger partial charge in [-0.15, -0.1) is 0 Å². The molecule has 0 radical (unpaired) electrons. The molecule has 0 bridgehead atoms. The first-order valence-electron chi connectivity index (χ1n) is 8.52. The van der Waals surface area contributed by atoms with E-state index in [1.165, 1.54) is 0 Å². The summed E-state index contributed by atoms with van der Waals surface area (Å²) in [4.78, 5) is 10.8. The van der Waals surface area contributed by atoms with Gasteiger partial charge in [-0.3, -0.25) is 0 Å². The van der Waals surface area contributed by atoms with Crippen molar-refractivity contribution in [3.05, 3.63) is 65.7 Å². The summed E-state index contributed by atoms with van der Waals surface area (Å²) in [5.74, 6) is 0.730. The molecular weight excluding hydrogens is 318 g/mol. The summed E-state index contributed by atoms with van der Waals surface area (Å²) < 4.78 is 5.73. The van der Waals surface area contributed by atoms with Gasteiger partial charge in [0.15, 0.2) is 0 Å². The normalized spacial score (nSPS) is 13.0. The van der Waals surface area contributed by atoms with Gasteiger partial charge in [0.05, 0.1) is 6.10 Å². The summed E-state index contributed by atoms with van der Waals surface area (Å²) >= 11 is 0. The Labute approximate surface area is 148 Å². The lowest BCUT2D eigenvalue weighted by Gasteiger charge is -2.20. The summed E-state index contributed by atoms with van der Waals surface area (Å²) in [6.45, 7) is 2.48. The van der Waals surface area contributed by atoms with Crippen molar-refractivity contribution < 1.29 is 19.7 Å². The molecule has 25 heavy (non-hydrogen) atoms. The van der Waals surface area contributed by atoms with Crippen LogP contribution in [0.2, 0.25) is 0 Å². The highest BCUT2D eigenvalue weighted by atomic mass is 16.5. The Morgan fingerprint density at radius 1 is 1.12 bits per heavy atom. The third-order valence-corrected chi connectivity index (χ3v) is 3.99. The van der Waals surface area contributed by atoms with Gasteiger partial charge in [0, 0.05) is 6.04 Å². The number of hydrogen-bond acceptors (Lipinski definition) is 3. The van der Waals surface area contributed by atoms with Crippen molar-refractivity contribution in [3.8, 4) is 5.75 Å². The molecule has 0 saturated carbocycles. The molecule has 3 N–H and O–H groups in total. The Morgan fingerprint density at radius 2 is 1.80 bits per heavy atom. The van der Waals surface area contributed by atoms with Gasteiger partial charge < -0.3 is 20.3 Å². The van der Waals surface area contributed by atoms with E-state index < -0.39 is 12.2 Å². The van der Waals surface area contributed by atoms with Gasteiger partial charge in [-0.1, -0.05) is 55.8 Å². The van der Waals surface area contributed by atoms with E-state index in [0.717, 1.165) is 23.3 Å². The number of carboxylic acid groups (broad SMARTS) is 1. The van der Waals surface area contributed by atoms with Gasteiger partial charge in [-0.25, -0.2) is 4.79 Å². The summed E-state index contributed by atoms with van der Waals surface area (Å²) in [6, 6.07) is 16.9. The van der Waals surface area contributed by atoms with E-state index in [1.807, 2.05) is 61.5 Å². The molecule has 0 aliphatic rings. The zero-order valence-corrected chi connectivity index (χ0v) is 14.4. The molecule has 134 valence electrons. The van der Waals surface area contributed by atoms with Crippen molar-refractivity contribution in [1.29, 1.82) is 0 Å². The van der Waals surface area contributed by atoms with Crippen LogP contribution in [0.4, 0.5) is 4.79 Å². The molecule has 0 aliphatic heterocycles. The molecular formula is C20H25NO4. The maximum atomic E-state index is 10.8. The molecule has 0 saturated heterocycles. The lowest BCUT2D eigenvalue weighted by Crippen LogP contribution is -2.34. The van der Waals surface area contributed by atoms with Crippen molar-refractivity contribution >= 4 is 6.09 Å². The van der Waals surface area contributed by atoms with Crippen LogP contribution in [0.5, 0.6) is 5.75 Å². The van der Waals surface area contributed by atoms with Crippen LogP contribution in [0.25, 0.3) is 0 Å². The minimum Gasteiger partial charge on any atom is -0.489 e. The predicted octanol–water partition coefficient (Wildman–Crippen LogP) is 4.13. The van der Waals surface area contributed by atoms with Crippen LogP contribution in [-0.2, 0) is 6.61 Å². The third-order valence-electron chi connectivity index (χ3n) is 3.99. The maximum Gasteiger partial charge on any atom is 0.404 e. The molecule has 0 fully saturated rings. The van der Waals surface area contributed by atoms with Gasteiger partial charge in [-0.05, 0) is 36.1 Å². The average Bonchev–Trinajstić information content (AvgIpc) is 2.61. The highest BCUT2D eigenvalue weighted by Gasteiger charge is 2.17. The van der Waals surface area contributed by atoms with E-state index in [4.69, 9.17) is 9.84 Å². The van der Waals surface area contributed by atoms with Crippen LogP contribution >= 0.6 is 0 Å². The molecule has 0 spiro atoms. The number of ether oxygens (including phenoxy) is 1. The van der Waals surface area contributed by atoms with Gasteiger partial charge in [-0.2, -0.15) is 0 Å². The topological polar surface area (TPSA) is 78.8 Å². The fourth-order valence-electron chi connectivity index (χ4n) is 2.70. The summed E-state index contributed by atoms with van der Waals surface area (Å²) in [5, 5.41) is 21.7. The standard InChI is InChI=1S/C20H25NO4/c1-2-6-17(21-20(23)24)13-19(22)16-9-11-18(12-10-16)25-14-15-7-4-3-5-8-15/h3-5,7-12,17,19,21-22H,2,6,13-14H2,1H3,(H,23,24). The zero-order valence-electron chi connectivity index (χ0n) is 14.4. The highest BCUT2D eigenvalue weighted by Crippen LogP contribution is 2.23. The summed E-state index contributed by atoms with van der Waals surface area (Å²) in [7, 11) is 0. The smallest absolute Gasteiger partial charge is 0.404 e. The largest absolute Gasteiger partial charge is 0.489 e. The van der Waals surface area contributed by atoms with Gasteiger partial charge in [0.2, 0.25) is 0 Å². The first-order valence-corrected chi connectivity index (χ1v) is 8.52. The lowest BCUT2D eigenvalue weighted by atomic mass is 9.99. The van der Waals surface area contributed by atoms with Crippen LogP contribution in [0.15, 0.2) is 54.6 Å². The molecule has 5 heteroatoms. The van der Waals surface area contributed by atoms with Crippen molar-refractivity contribution in [3.63, 3.8) is 0 Å². The molecule has 5 nitrogen and oxygen atoms in total. The maximum absolute atomic E-state index is 10.8. The predicted molar refractivity (Wildman–Crippen MR) is 96.6 cm³/mol. The number of rotatable bonds is 9. The second-order valence-corrected chi connectivity index (χ2v) is 6.03. The Bertz CT molecular complexity index is 643. The first-order chi connectivity index (χ1) is 12.1. The van der Waals surface area contributed by atoms with Gasteiger partial charge >= 0.3 is 6.09 Å². The second-order valence-electron chi connectivity index (χ2n) is 6.03. The SMILES string of the molecule is CCCC(CC(O)c1ccc(OCc2ccccc2)cc1)NC(=O)O. The Balaban J connectivity index is 1.90. The molecule has 2 atom stereocenters. The zero-order chi connectivity index (χ0) is 18.1. The monoisotopic (exact) mass is 343 g/mol. The second kappa shape index (κ2) is 9.69. The summed E-state index contributed by atoms with van der Waals surface area (Å²) in [6.07, 6.45) is 0.123. The minimum atomic E-state index is -1.06. The van der Waals surface area contributed by atoms with Crippen LogP contribution in [0, 0.1) is 0 Å². The van der Waals surface area contributed by atoms with Crippen molar-refractivity contribution in [2.24, 2.45) is 0 Å². The van der Waals surface area contributed by atoms with Crippen molar-refractivity contribution in [2.45, 2.75) is 44.9 Å². The van der Waals surface area contributed by atoms with Crippen LogP contribution < -0.4 is 10.1 Å². The highest BCUT2D eigenvalue weighted by molar-refractivity contribution is 5.64. The van der Waals surface area contributed by atoms with E-state index >= 15 is 0 Å². The van der Waals surface area contributed by atoms with Crippen LogP contribution in [-0.4, -0.2) is 22.3 Å². The Kier molecular flexibility index (Phi) is 7.29. The number of aliphatic hydroxyl groups is 1. The van der Waals surface area contributed by atoms with Crippen LogP contribution in [0.1, 0.15) is 43.4 Å². The fraction of sp³-hybridized carbons (Fsp3) is 0.350. The first kappa shape index (κ1) is 18.8. The van der Waals surface area contributed by atoms with Gasteiger partial charge in [0.25, 0.3) is 0 Å². The number of nitrogens with one attached hydrogen (secondary N) is 1. The average molecular weight is 343 g/mol. The van der Waals surface area contributed by atoms with Crippen LogP contribution in [0.3, 0.4) is 0 Å². The number of benzene rings is 2. The Hall–Kier alpha value is -2.53. The number of carbonyl (C=O) groups is 1. The van der Waals surface area contributed by atoms with E-state index in [-0.39, 0.29) is 6.04 Å². The Morgan fingerprint density at radius 3 is 2.40 bits per heavy atom. The number of hydrogen-bond donors (Lipinski definition) is 3. The third kappa shape index (κ3) is 6.47. The molecule has 0 aromatic heterocycles. The fourth-order valence-corrected chi connectivity index (χ4v) is 2.70. The molecule has 2 aromatic carbocycles. The minimum absolute atomic E-state index is 0.258. The van der Waals surface area contributed by atoms with Crippen molar-refractivity contribution in [2.75, 3.05) is 0 Å². The number of amides is 1. The van der Waals surface area contributed by atoms with Crippen molar-refractivity contribution in [1.82, 2.24) is 5.32 Å². The molecule has 2 rings (SSSR count). The number of aliphatic hydroxyl groups excluding tert-OH is 1. The lowest BCUT2D eigenvalue weighted by molar-refractivity contribution is 0.143.